The molecule has 1 N–H and O–H groups in total. The lowest BCUT2D eigenvalue weighted by atomic mass is 9.94. The highest BCUT2D eigenvalue weighted by Gasteiger charge is 2.33. The first-order chi connectivity index (χ1) is 15.6. The van der Waals surface area contributed by atoms with Gasteiger partial charge in [0.25, 0.3) is 11.8 Å². The van der Waals surface area contributed by atoms with Gasteiger partial charge in [-0.15, -0.1) is 0 Å². The Hall–Kier alpha value is -2.93. The van der Waals surface area contributed by atoms with Gasteiger partial charge in [0.15, 0.2) is 0 Å². The van der Waals surface area contributed by atoms with E-state index in [9.17, 15) is 14.4 Å². The van der Waals surface area contributed by atoms with Gasteiger partial charge in [-0.25, -0.2) is 4.79 Å². The molecule has 2 aliphatic heterocycles. The van der Waals surface area contributed by atoms with Crippen LogP contribution in [-0.2, 0) is 0 Å². The van der Waals surface area contributed by atoms with Gasteiger partial charge in [0.05, 0.1) is 0 Å². The third kappa shape index (κ3) is 3.97. The minimum atomic E-state index is -0.218. The van der Waals surface area contributed by atoms with Crippen molar-refractivity contribution in [2.24, 2.45) is 0 Å². The Kier molecular flexibility index (Phi) is 5.83. The molecule has 168 valence electrons. The molecule has 2 heterocycles. The molecule has 1 saturated heterocycles. The highest BCUT2D eigenvalue weighted by molar-refractivity contribution is 6.25. The molecule has 0 bridgehead atoms. The van der Waals surface area contributed by atoms with Crippen molar-refractivity contribution in [2.45, 2.75) is 38.1 Å². The van der Waals surface area contributed by atoms with Crippen molar-refractivity contribution >= 4 is 28.6 Å². The minimum Gasteiger partial charge on any atom is -0.335 e. The van der Waals surface area contributed by atoms with Crippen molar-refractivity contribution in [3.63, 3.8) is 0 Å². The molecule has 3 aliphatic rings. The fraction of sp³-hybridized carbons (Fsp3) is 0.480. The number of nitrogens with one attached hydrogen (secondary N) is 1. The van der Waals surface area contributed by atoms with E-state index in [2.05, 4.69) is 10.2 Å². The zero-order valence-corrected chi connectivity index (χ0v) is 18.4. The SMILES string of the molecule is O=C(NC1CCCCC1)N1CCN(CCN2C(=O)c3cccc4cccc(c34)C2=O)CC1. The van der Waals surface area contributed by atoms with E-state index in [1.165, 1.54) is 24.2 Å². The van der Waals surface area contributed by atoms with Crippen LogP contribution in [-0.4, -0.2) is 77.9 Å². The van der Waals surface area contributed by atoms with Gasteiger partial charge in [0, 0.05) is 61.8 Å². The van der Waals surface area contributed by atoms with Crippen LogP contribution in [0.2, 0.25) is 0 Å². The number of benzene rings is 2. The highest BCUT2D eigenvalue weighted by atomic mass is 16.2. The van der Waals surface area contributed by atoms with E-state index < -0.39 is 0 Å². The van der Waals surface area contributed by atoms with Gasteiger partial charge in [-0.3, -0.25) is 19.4 Å². The van der Waals surface area contributed by atoms with E-state index >= 15 is 0 Å². The number of amides is 4. The number of carbonyl (C=O) groups is 3. The number of carbonyl (C=O) groups excluding carboxylic acids is 3. The first kappa shape index (κ1) is 20.9. The molecule has 7 heteroatoms. The van der Waals surface area contributed by atoms with E-state index in [1.807, 2.05) is 29.2 Å². The number of imide groups is 1. The van der Waals surface area contributed by atoms with Crippen LogP contribution in [0.3, 0.4) is 0 Å². The molecule has 5 rings (SSSR count). The summed E-state index contributed by atoms with van der Waals surface area (Å²) in [5.74, 6) is -0.436. The van der Waals surface area contributed by atoms with Gasteiger partial charge in [0.2, 0.25) is 0 Å². The van der Waals surface area contributed by atoms with Crippen LogP contribution < -0.4 is 5.32 Å². The molecule has 0 atom stereocenters. The molecular weight excluding hydrogens is 404 g/mol. The molecule has 2 aromatic carbocycles. The highest BCUT2D eigenvalue weighted by Crippen LogP contribution is 2.29. The third-order valence-electron chi connectivity index (χ3n) is 7.09. The van der Waals surface area contributed by atoms with Crippen molar-refractivity contribution in [1.29, 1.82) is 0 Å². The van der Waals surface area contributed by atoms with Crippen molar-refractivity contribution in [2.75, 3.05) is 39.3 Å². The van der Waals surface area contributed by atoms with Crippen LogP contribution in [0.4, 0.5) is 4.79 Å². The topological polar surface area (TPSA) is 73.0 Å². The maximum atomic E-state index is 13.0. The van der Waals surface area contributed by atoms with Crippen molar-refractivity contribution in [3.05, 3.63) is 47.5 Å². The van der Waals surface area contributed by atoms with E-state index in [-0.39, 0.29) is 17.8 Å². The second-order valence-electron chi connectivity index (χ2n) is 9.08. The molecule has 0 aromatic heterocycles. The Balaban J connectivity index is 1.16. The summed E-state index contributed by atoms with van der Waals surface area (Å²) in [4.78, 5) is 44.1. The summed E-state index contributed by atoms with van der Waals surface area (Å²) < 4.78 is 0. The van der Waals surface area contributed by atoms with Crippen LogP contribution in [0.25, 0.3) is 10.8 Å². The summed E-state index contributed by atoms with van der Waals surface area (Å²) in [5.41, 5.74) is 1.20. The van der Waals surface area contributed by atoms with Crippen LogP contribution in [0.15, 0.2) is 36.4 Å². The zero-order chi connectivity index (χ0) is 22.1. The fourth-order valence-corrected chi connectivity index (χ4v) is 5.21. The van der Waals surface area contributed by atoms with Crippen LogP contribution in [0.1, 0.15) is 52.8 Å². The average Bonchev–Trinajstić information content (AvgIpc) is 2.83. The quantitative estimate of drug-likeness (QED) is 0.751. The van der Waals surface area contributed by atoms with Crippen molar-refractivity contribution < 1.29 is 14.4 Å². The van der Waals surface area contributed by atoms with Gasteiger partial charge in [-0.2, -0.15) is 0 Å². The molecule has 2 aromatic rings. The maximum absolute atomic E-state index is 13.0. The lowest BCUT2D eigenvalue weighted by Gasteiger charge is -2.37. The van der Waals surface area contributed by atoms with E-state index in [0.29, 0.717) is 43.3 Å². The van der Waals surface area contributed by atoms with Crippen LogP contribution in [0.5, 0.6) is 0 Å². The maximum Gasteiger partial charge on any atom is 0.317 e. The van der Waals surface area contributed by atoms with Gasteiger partial charge >= 0.3 is 6.03 Å². The third-order valence-corrected chi connectivity index (χ3v) is 7.09. The largest absolute Gasteiger partial charge is 0.335 e. The summed E-state index contributed by atoms with van der Waals surface area (Å²) in [7, 11) is 0. The number of hydrogen-bond donors (Lipinski definition) is 1. The first-order valence-corrected chi connectivity index (χ1v) is 11.8. The number of urea groups is 1. The molecule has 0 unspecified atom stereocenters. The molecule has 4 amide bonds. The summed E-state index contributed by atoms with van der Waals surface area (Å²) >= 11 is 0. The Morgan fingerprint density at radius 3 is 2.09 bits per heavy atom. The van der Waals surface area contributed by atoms with Crippen LogP contribution in [0, 0.1) is 0 Å². The second kappa shape index (κ2) is 8.90. The van der Waals surface area contributed by atoms with Gasteiger partial charge < -0.3 is 10.2 Å². The number of hydrogen-bond acceptors (Lipinski definition) is 4. The standard InChI is InChI=1S/C25H30N4O3/c30-23-20-10-4-6-18-7-5-11-21(22(18)20)24(31)29(23)17-14-27-12-15-28(16-13-27)25(32)26-19-8-2-1-3-9-19/h4-7,10-11,19H,1-3,8-9,12-17H2,(H,26,32). The van der Waals surface area contributed by atoms with Gasteiger partial charge in [-0.05, 0) is 30.4 Å². The number of rotatable bonds is 4. The predicted octanol–water partition coefficient (Wildman–Crippen LogP) is 3.10. The Morgan fingerprint density at radius 2 is 1.47 bits per heavy atom. The van der Waals surface area contributed by atoms with Gasteiger partial charge in [-0.1, -0.05) is 43.5 Å². The van der Waals surface area contributed by atoms with Gasteiger partial charge in [0.1, 0.15) is 0 Å². The van der Waals surface area contributed by atoms with E-state index in [0.717, 1.165) is 36.7 Å². The molecular formula is C25H30N4O3. The Labute approximate surface area is 188 Å². The molecule has 32 heavy (non-hydrogen) atoms. The average molecular weight is 435 g/mol. The lowest BCUT2D eigenvalue weighted by molar-refractivity contribution is 0.0580. The molecule has 0 spiro atoms. The molecule has 2 fully saturated rings. The van der Waals surface area contributed by atoms with Crippen LogP contribution >= 0.6 is 0 Å². The molecule has 1 aliphatic carbocycles. The number of piperazine rings is 1. The van der Waals surface area contributed by atoms with E-state index in [1.54, 1.807) is 12.1 Å². The van der Waals surface area contributed by atoms with Crippen molar-refractivity contribution in [1.82, 2.24) is 20.0 Å². The molecule has 7 nitrogen and oxygen atoms in total. The summed E-state index contributed by atoms with van der Waals surface area (Å²) in [6.45, 7) is 3.82. The lowest BCUT2D eigenvalue weighted by Crippen LogP contribution is -2.55. The summed E-state index contributed by atoms with van der Waals surface area (Å²) in [5, 5.41) is 4.87. The summed E-state index contributed by atoms with van der Waals surface area (Å²) in [6.07, 6.45) is 5.84. The monoisotopic (exact) mass is 434 g/mol. The molecule has 0 radical (unpaired) electrons. The Morgan fingerprint density at radius 1 is 0.844 bits per heavy atom. The zero-order valence-electron chi connectivity index (χ0n) is 18.4. The first-order valence-electron chi connectivity index (χ1n) is 11.8. The number of nitrogens with zero attached hydrogens (tertiary/aromatic N) is 3. The normalized spacial score (nSPS) is 20.1. The second-order valence-corrected chi connectivity index (χ2v) is 9.08. The fourth-order valence-electron chi connectivity index (χ4n) is 5.21. The van der Waals surface area contributed by atoms with E-state index in [4.69, 9.17) is 0 Å². The van der Waals surface area contributed by atoms with Crippen molar-refractivity contribution in [3.8, 4) is 0 Å². The minimum absolute atomic E-state index is 0.0441. The predicted molar refractivity (Wildman–Crippen MR) is 123 cm³/mol. The molecule has 1 saturated carbocycles. The Bertz CT molecular complexity index is 988. The summed E-state index contributed by atoms with van der Waals surface area (Å²) in [6, 6.07) is 11.6. The smallest absolute Gasteiger partial charge is 0.317 e.